The van der Waals surface area contributed by atoms with Gasteiger partial charge in [0.2, 0.25) is 6.79 Å². The molecule has 0 aliphatic carbocycles. The molecule has 10 heteroatoms. The monoisotopic (exact) mass is 387 g/mol. The van der Waals surface area contributed by atoms with E-state index in [9.17, 15) is 19.7 Å². The average Bonchev–Trinajstić information content (AvgIpc) is 3.20. The van der Waals surface area contributed by atoms with Crippen LogP contribution in [-0.4, -0.2) is 23.5 Å². The number of benzene rings is 2. The maximum atomic E-state index is 12.6. The van der Waals surface area contributed by atoms with Gasteiger partial charge in [-0.2, -0.15) is 0 Å². The van der Waals surface area contributed by atoms with Crippen molar-refractivity contribution in [3.63, 3.8) is 0 Å². The van der Waals surface area contributed by atoms with Gasteiger partial charge >= 0.3 is 0 Å². The summed E-state index contributed by atoms with van der Waals surface area (Å²) in [5, 5.41) is 12.9. The van der Waals surface area contributed by atoms with Crippen LogP contribution in [0, 0.1) is 10.1 Å². The van der Waals surface area contributed by atoms with Gasteiger partial charge in [0.1, 0.15) is 5.57 Å². The van der Waals surface area contributed by atoms with E-state index in [1.807, 2.05) is 0 Å². The molecule has 2 aromatic carbocycles. The van der Waals surface area contributed by atoms with Crippen molar-refractivity contribution in [2.24, 2.45) is 0 Å². The van der Waals surface area contributed by atoms with E-state index in [1.165, 1.54) is 12.1 Å². The van der Waals surface area contributed by atoms with Gasteiger partial charge in [-0.05, 0) is 36.4 Å². The third-order valence-electron chi connectivity index (χ3n) is 3.99. The molecule has 2 aromatic rings. The predicted molar refractivity (Wildman–Crippen MR) is 94.3 cm³/mol. The van der Waals surface area contributed by atoms with E-state index in [0.29, 0.717) is 16.5 Å². The van der Waals surface area contributed by atoms with E-state index < -0.39 is 16.7 Å². The Morgan fingerprint density at radius 3 is 2.48 bits per heavy atom. The lowest BCUT2D eigenvalue weighted by Gasteiger charge is -2.14. The molecule has 1 N–H and O–H groups in total. The number of halogens is 1. The fourth-order valence-electron chi connectivity index (χ4n) is 2.71. The first-order valence-corrected chi connectivity index (χ1v) is 8.02. The van der Waals surface area contributed by atoms with E-state index >= 15 is 0 Å². The molecule has 1 fully saturated rings. The number of nitrogens with zero attached hydrogens (tertiary/aromatic N) is 2. The zero-order valence-corrected chi connectivity index (χ0v) is 14.2. The highest BCUT2D eigenvalue weighted by Gasteiger charge is 2.35. The molecule has 27 heavy (non-hydrogen) atoms. The normalized spacial score (nSPS) is 16.8. The van der Waals surface area contributed by atoms with Crippen molar-refractivity contribution in [1.29, 1.82) is 0 Å². The molecule has 0 saturated carbocycles. The lowest BCUT2D eigenvalue weighted by atomic mass is 10.1. The second-order valence-electron chi connectivity index (χ2n) is 5.64. The van der Waals surface area contributed by atoms with Crippen LogP contribution in [-0.2, 0) is 9.59 Å². The predicted octanol–water partition coefficient (Wildman–Crippen LogP) is 2.44. The molecule has 4 rings (SSSR count). The second kappa shape index (κ2) is 6.29. The summed E-state index contributed by atoms with van der Waals surface area (Å²) in [4.78, 5) is 35.6. The standard InChI is InChI=1S/C17H10ClN3O6/c18-10-1-3-11(4-2-10)20-17(23)12(16(22)19-20)5-9-6-14-15(27-8-26-14)7-13(9)21(24)25/h1-7H,8H2,(H,19,22)/b12-5-. The molecule has 0 radical (unpaired) electrons. The summed E-state index contributed by atoms with van der Waals surface area (Å²) in [6.07, 6.45) is 1.16. The largest absolute Gasteiger partial charge is 0.454 e. The first kappa shape index (κ1) is 16.9. The molecule has 0 aromatic heterocycles. The highest BCUT2D eigenvalue weighted by atomic mass is 35.5. The van der Waals surface area contributed by atoms with E-state index in [0.717, 1.165) is 11.1 Å². The summed E-state index contributed by atoms with van der Waals surface area (Å²) in [6, 6.07) is 8.82. The van der Waals surface area contributed by atoms with Crippen molar-refractivity contribution in [3.05, 3.63) is 62.7 Å². The Kier molecular flexibility index (Phi) is 3.93. The summed E-state index contributed by atoms with van der Waals surface area (Å²) in [6.45, 7) is -0.0593. The Morgan fingerprint density at radius 1 is 1.15 bits per heavy atom. The summed E-state index contributed by atoms with van der Waals surface area (Å²) < 4.78 is 10.3. The van der Waals surface area contributed by atoms with Crippen molar-refractivity contribution in [3.8, 4) is 11.5 Å². The number of hydrogen-bond acceptors (Lipinski definition) is 6. The van der Waals surface area contributed by atoms with Crippen LogP contribution in [0.5, 0.6) is 11.5 Å². The number of rotatable bonds is 3. The lowest BCUT2D eigenvalue weighted by Crippen LogP contribution is -2.35. The maximum absolute atomic E-state index is 12.6. The third-order valence-corrected chi connectivity index (χ3v) is 4.25. The van der Waals surface area contributed by atoms with E-state index in [-0.39, 0.29) is 29.4 Å². The van der Waals surface area contributed by atoms with Gasteiger partial charge in [0, 0.05) is 5.02 Å². The summed E-state index contributed by atoms with van der Waals surface area (Å²) in [5.74, 6) is -0.794. The molecular formula is C17H10ClN3O6. The molecule has 1 saturated heterocycles. The number of carbonyl (C=O) groups excluding carboxylic acids is 2. The van der Waals surface area contributed by atoms with Crippen LogP contribution in [0.15, 0.2) is 42.0 Å². The summed E-state index contributed by atoms with van der Waals surface area (Å²) in [5.41, 5.74) is 2.33. The van der Waals surface area contributed by atoms with Crippen molar-refractivity contribution < 1.29 is 24.0 Å². The van der Waals surface area contributed by atoms with Crippen LogP contribution >= 0.6 is 11.6 Å². The number of amides is 2. The number of hydrogen-bond donors (Lipinski definition) is 1. The number of anilines is 1. The van der Waals surface area contributed by atoms with Crippen LogP contribution in [0.4, 0.5) is 11.4 Å². The number of ether oxygens (including phenoxy) is 2. The minimum absolute atomic E-state index is 0.0562. The van der Waals surface area contributed by atoms with Crippen molar-refractivity contribution in [2.75, 3.05) is 11.8 Å². The van der Waals surface area contributed by atoms with Crippen molar-refractivity contribution in [1.82, 2.24) is 5.43 Å². The van der Waals surface area contributed by atoms with Crippen LogP contribution < -0.4 is 19.9 Å². The Hall–Kier alpha value is -3.59. The number of carbonyl (C=O) groups is 2. The molecule has 2 amide bonds. The molecule has 136 valence electrons. The van der Waals surface area contributed by atoms with Crippen molar-refractivity contribution in [2.45, 2.75) is 0 Å². The topological polar surface area (TPSA) is 111 Å². The Morgan fingerprint density at radius 2 is 1.81 bits per heavy atom. The summed E-state index contributed by atoms with van der Waals surface area (Å²) >= 11 is 5.82. The molecule has 0 spiro atoms. The average molecular weight is 388 g/mol. The smallest absolute Gasteiger partial charge is 0.282 e. The Balaban J connectivity index is 1.74. The Bertz CT molecular complexity index is 1020. The first-order valence-electron chi connectivity index (χ1n) is 7.65. The molecule has 2 aliphatic heterocycles. The highest BCUT2D eigenvalue weighted by Crippen LogP contribution is 2.39. The van der Waals surface area contributed by atoms with Gasteiger partial charge < -0.3 is 9.47 Å². The lowest BCUT2D eigenvalue weighted by molar-refractivity contribution is -0.385. The van der Waals surface area contributed by atoms with Gasteiger partial charge in [0.05, 0.1) is 22.2 Å². The van der Waals surface area contributed by atoms with Gasteiger partial charge in [0.25, 0.3) is 17.5 Å². The zero-order chi connectivity index (χ0) is 19.1. The van der Waals surface area contributed by atoms with Gasteiger partial charge in [-0.3, -0.25) is 25.1 Å². The minimum Gasteiger partial charge on any atom is -0.454 e. The van der Waals surface area contributed by atoms with Gasteiger partial charge in [0.15, 0.2) is 11.5 Å². The number of hydrazine groups is 1. The number of nitro benzene ring substituents is 1. The third kappa shape index (κ3) is 2.93. The Labute approximate surface area is 156 Å². The number of nitro groups is 1. The molecule has 0 bridgehead atoms. The van der Waals surface area contributed by atoms with Crippen LogP contribution in [0.1, 0.15) is 5.56 Å². The molecule has 2 aliphatic rings. The fourth-order valence-corrected chi connectivity index (χ4v) is 2.83. The molecule has 0 unspecified atom stereocenters. The van der Waals surface area contributed by atoms with E-state index in [4.69, 9.17) is 21.1 Å². The van der Waals surface area contributed by atoms with Gasteiger partial charge in [-0.15, -0.1) is 0 Å². The molecule has 9 nitrogen and oxygen atoms in total. The SMILES string of the molecule is O=C1NN(c2ccc(Cl)cc2)C(=O)/C1=C\c1cc2c(cc1[N+](=O)[O-])OCO2. The van der Waals surface area contributed by atoms with Gasteiger partial charge in [-0.1, -0.05) is 11.6 Å². The number of nitrogens with one attached hydrogen (secondary N) is 1. The molecular weight excluding hydrogens is 378 g/mol. The molecule has 2 heterocycles. The zero-order valence-electron chi connectivity index (χ0n) is 13.5. The fraction of sp³-hybridized carbons (Fsp3) is 0.0588. The van der Waals surface area contributed by atoms with Crippen LogP contribution in [0.2, 0.25) is 5.02 Å². The van der Waals surface area contributed by atoms with Gasteiger partial charge in [-0.25, -0.2) is 5.01 Å². The quantitative estimate of drug-likeness (QED) is 0.375. The number of fused-ring (bicyclic) bond motifs is 1. The first-order chi connectivity index (χ1) is 12.9. The van der Waals surface area contributed by atoms with Crippen molar-refractivity contribution >= 4 is 40.9 Å². The second-order valence-corrected chi connectivity index (χ2v) is 6.07. The van der Waals surface area contributed by atoms with E-state index in [2.05, 4.69) is 5.43 Å². The van der Waals surface area contributed by atoms with Crippen LogP contribution in [0.25, 0.3) is 6.08 Å². The summed E-state index contributed by atoms with van der Waals surface area (Å²) in [7, 11) is 0. The van der Waals surface area contributed by atoms with Crippen LogP contribution in [0.3, 0.4) is 0 Å². The molecule has 0 atom stereocenters. The minimum atomic E-state index is -0.679. The maximum Gasteiger partial charge on any atom is 0.282 e. The highest BCUT2D eigenvalue weighted by molar-refractivity contribution is 6.32. The van der Waals surface area contributed by atoms with E-state index in [1.54, 1.807) is 24.3 Å².